The quantitative estimate of drug-likeness (QED) is 0.601. The normalized spacial score (nSPS) is 23.9. The summed E-state index contributed by atoms with van der Waals surface area (Å²) in [7, 11) is 1.63. The van der Waals surface area contributed by atoms with Gasteiger partial charge in [-0.2, -0.15) is 0 Å². The fraction of sp³-hybridized carbons (Fsp3) is 0.938. The molecule has 0 heterocycles. The van der Waals surface area contributed by atoms with Crippen LogP contribution in [0.5, 0.6) is 0 Å². The van der Waals surface area contributed by atoms with Crippen LogP contribution in [-0.2, 0) is 14.3 Å². The molecule has 0 saturated heterocycles. The molecule has 2 atom stereocenters. The van der Waals surface area contributed by atoms with Gasteiger partial charge in [-0.05, 0) is 12.3 Å². The molecule has 1 aliphatic rings. The van der Waals surface area contributed by atoms with Crippen molar-refractivity contribution < 1.29 is 14.3 Å². The molecule has 1 saturated carbocycles. The van der Waals surface area contributed by atoms with Crippen molar-refractivity contribution in [3.05, 3.63) is 0 Å². The summed E-state index contributed by atoms with van der Waals surface area (Å²) < 4.78 is 10.8. The Morgan fingerprint density at radius 3 is 2.62 bits per heavy atom. The first-order valence-electron chi connectivity index (χ1n) is 7.98. The highest BCUT2D eigenvalue weighted by Crippen LogP contribution is 2.42. The first-order valence-corrected chi connectivity index (χ1v) is 7.98. The van der Waals surface area contributed by atoms with Crippen LogP contribution < -0.4 is 10.6 Å². The SMILES string of the molecule is COCCNC(=O)CCNC1CC(OCC(C)C)C1(C)C. The highest BCUT2D eigenvalue weighted by atomic mass is 16.5. The van der Waals surface area contributed by atoms with Gasteiger partial charge < -0.3 is 20.1 Å². The van der Waals surface area contributed by atoms with Crippen molar-refractivity contribution in [2.45, 2.75) is 52.7 Å². The van der Waals surface area contributed by atoms with Crippen LogP contribution in [0.3, 0.4) is 0 Å². The maximum atomic E-state index is 11.6. The molecule has 0 aromatic rings. The second-order valence-electron chi connectivity index (χ2n) is 6.87. The lowest BCUT2D eigenvalue weighted by Gasteiger charge is -2.52. The topological polar surface area (TPSA) is 59.6 Å². The van der Waals surface area contributed by atoms with Gasteiger partial charge in [-0.15, -0.1) is 0 Å². The summed E-state index contributed by atoms with van der Waals surface area (Å²) in [5, 5.41) is 6.30. The molecule has 124 valence electrons. The molecule has 5 nitrogen and oxygen atoms in total. The summed E-state index contributed by atoms with van der Waals surface area (Å²) in [5.41, 5.74) is 0.140. The summed E-state index contributed by atoms with van der Waals surface area (Å²) in [6, 6.07) is 0.432. The lowest BCUT2D eigenvalue weighted by molar-refractivity contribution is -0.126. The monoisotopic (exact) mass is 300 g/mol. The molecular weight excluding hydrogens is 268 g/mol. The Hall–Kier alpha value is -0.650. The van der Waals surface area contributed by atoms with Gasteiger partial charge in [0, 0.05) is 44.7 Å². The van der Waals surface area contributed by atoms with E-state index in [4.69, 9.17) is 9.47 Å². The van der Waals surface area contributed by atoms with Crippen LogP contribution in [0.15, 0.2) is 0 Å². The van der Waals surface area contributed by atoms with Gasteiger partial charge in [0.1, 0.15) is 0 Å². The van der Waals surface area contributed by atoms with E-state index in [0.717, 1.165) is 13.0 Å². The second-order valence-corrected chi connectivity index (χ2v) is 6.87. The molecule has 1 amide bonds. The molecular formula is C16H32N2O3. The Bertz CT molecular complexity index is 319. The molecule has 0 spiro atoms. The summed E-state index contributed by atoms with van der Waals surface area (Å²) in [6.45, 7) is 11.5. The summed E-state index contributed by atoms with van der Waals surface area (Å²) in [4.78, 5) is 11.6. The molecule has 2 unspecified atom stereocenters. The van der Waals surface area contributed by atoms with E-state index in [0.29, 0.717) is 44.2 Å². The summed E-state index contributed by atoms with van der Waals surface area (Å²) in [5.74, 6) is 0.646. The number of amides is 1. The van der Waals surface area contributed by atoms with E-state index in [1.165, 1.54) is 0 Å². The van der Waals surface area contributed by atoms with Crippen LogP contribution in [0.4, 0.5) is 0 Å². The average molecular weight is 300 g/mol. The van der Waals surface area contributed by atoms with Crippen molar-refractivity contribution >= 4 is 5.91 Å². The summed E-state index contributed by atoms with van der Waals surface area (Å²) in [6.07, 6.45) is 1.87. The average Bonchev–Trinajstić information content (AvgIpc) is 2.41. The van der Waals surface area contributed by atoms with Crippen LogP contribution in [0.2, 0.25) is 0 Å². The largest absolute Gasteiger partial charge is 0.383 e. The van der Waals surface area contributed by atoms with Gasteiger partial charge in [0.25, 0.3) is 0 Å². The van der Waals surface area contributed by atoms with E-state index in [-0.39, 0.29) is 11.3 Å². The predicted octanol–water partition coefficient (Wildman–Crippen LogP) is 1.57. The highest BCUT2D eigenvalue weighted by Gasteiger charge is 2.48. The number of nitrogens with one attached hydrogen (secondary N) is 2. The third-order valence-electron chi connectivity index (χ3n) is 4.18. The first kappa shape index (κ1) is 18.4. The van der Waals surface area contributed by atoms with E-state index in [9.17, 15) is 4.79 Å². The van der Waals surface area contributed by atoms with Crippen LogP contribution >= 0.6 is 0 Å². The fourth-order valence-corrected chi connectivity index (χ4v) is 2.56. The molecule has 5 heteroatoms. The second kappa shape index (κ2) is 8.71. The third kappa shape index (κ3) is 5.93. The van der Waals surface area contributed by atoms with E-state index in [2.05, 4.69) is 38.3 Å². The van der Waals surface area contributed by atoms with Crippen LogP contribution in [0.25, 0.3) is 0 Å². The maximum absolute atomic E-state index is 11.6. The third-order valence-corrected chi connectivity index (χ3v) is 4.18. The number of carbonyl (C=O) groups is 1. The molecule has 21 heavy (non-hydrogen) atoms. The van der Waals surface area contributed by atoms with Crippen molar-refractivity contribution in [1.29, 1.82) is 0 Å². The van der Waals surface area contributed by atoms with Crippen molar-refractivity contribution in [1.82, 2.24) is 10.6 Å². The van der Waals surface area contributed by atoms with Crippen molar-refractivity contribution in [2.75, 3.05) is 33.4 Å². The van der Waals surface area contributed by atoms with E-state index < -0.39 is 0 Å². The Labute approximate surface area is 129 Å². The van der Waals surface area contributed by atoms with Crippen LogP contribution in [0.1, 0.15) is 40.5 Å². The molecule has 0 aromatic carbocycles. The minimum Gasteiger partial charge on any atom is -0.383 e. The number of hydrogen-bond acceptors (Lipinski definition) is 4. The minimum absolute atomic E-state index is 0.0734. The highest BCUT2D eigenvalue weighted by molar-refractivity contribution is 5.76. The lowest BCUT2D eigenvalue weighted by atomic mass is 9.64. The zero-order valence-corrected chi connectivity index (χ0v) is 14.2. The van der Waals surface area contributed by atoms with Crippen molar-refractivity contribution in [3.8, 4) is 0 Å². The summed E-state index contributed by atoms with van der Waals surface area (Å²) >= 11 is 0. The van der Waals surface area contributed by atoms with Gasteiger partial charge in [0.05, 0.1) is 12.7 Å². The fourth-order valence-electron chi connectivity index (χ4n) is 2.56. The van der Waals surface area contributed by atoms with Crippen LogP contribution in [0, 0.1) is 11.3 Å². The van der Waals surface area contributed by atoms with Gasteiger partial charge >= 0.3 is 0 Å². The molecule has 1 rings (SSSR count). The Kier molecular flexibility index (Phi) is 7.63. The number of ether oxygens (including phenoxy) is 2. The first-order chi connectivity index (χ1) is 9.87. The molecule has 2 N–H and O–H groups in total. The standard InChI is InChI=1S/C16H32N2O3/c1-12(2)11-21-14-10-13(16(14,3)4)17-7-6-15(19)18-8-9-20-5/h12-14,17H,6-11H2,1-5H3,(H,18,19). The van der Waals surface area contributed by atoms with E-state index >= 15 is 0 Å². The molecule has 0 bridgehead atoms. The molecule has 0 radical (unpaired) electrons. The molecule has 0 aliphatic heterocycles. The van der Waals surface area contributed by atoms with Crippen LogP contribution in [-0.4, -0.2) is 51.5 Å². The van der Waals surface area contributed by atoms with Crippen molar-refractivity contribution in [2.24, 2.45) is 11.3 Å². The zero-order valence-electron chi connectivity index (χ0n) is 14.2. The maximum Gasteiger partial charge on any atom is 0.221 e. The zero-order chi connectivity index (χ0) is 15.9. The molecule has 1 fully saturated rings. The Morgan fingerprint density at radius 1 is 1.33 bits per heavy atom. The van der Waals surface area contributed by atoms with E-state index in [1.54, 1.807) is 7.11 Å². The molecule has 0 aromatic heterocycles. The van der Waals surface area contributed by atoms with Gasteiger partial charge in [-0.1, -0.05) is 27.7 Å². The lowest BCUT2D eigenvalue weighted by Crippen LogP contribution is -2.61. The van der Waals surface area contributed by atoms with Gasteiger partial charge in [-0.3, -0.25) is 4.79 Å². The number of methoxy groups -OCH3 is 1. The molecule has 1 aliphatic carbocycles. The Morgan fingerprint density at radius 2 is 2.05 bits per heavy atom. The number of carbonyl (C=O) groups excluding carboxylic acids is 1. The predicted molar refractivity (Wildman–Crippen MR) is 84.3 cm³/mol. The van der Waals surface area contributed by atoms with E-state index in [1.807, 2.05) is 0 Å². The van der Waals surface area contributed by atoms with Gasteiger partial charge in [0.15, 0.2) is 0 Å². The smallest absolute Gasteiger partial charge is 0.221 e. The van der Waals surface area contributed by atoms with Gasteiger partial charge in [-0.25, -0.2) is 0 Å². The van der Waals surface area contributed by atoms with Crippen molar-refractivity contribution in [3.63, 3.8) is 0 Å². The Balaban J connectivity index is 2.15. The number of hydrogen-bond donors (Lipinski definition) is 2. The van der Waals surface area contributed by atoms with Gasteiger partial charge in [0.2, 0.25) is 5.91 Å². The minimum atomic E-state index is 0.0734. The number of rotatable bonds is 10.